The third-order valence-electron chi connectivity index (χ3n) is 6.12. The van der Waals surface area contributed by atoms with E-state index in [-0.39, 0.29) is 18.2 Å². The number of nitrogens with one attached hydrogen (secondary N) is 1. The zero-order valence-corrected chi connectivity index (χ0v) is 19.5. The summed E-state index contributed by atoms with van der Waals surface area (Å²) < 4.78 is 16.5. The maximum absolute atomic E-state index is 13.1. The molecule has 4 aromatic rings. The Morgan fingerprint density at radius 3 is 2.63 bits per heavy atom. The van der Waals surface area contributed by atoms with Crippen LogP contribution in [0.3, 0.4) is 0 Å². The summed E-state index contributed by atoms with van der Waals surface area (Å²) in [4.78, 5) is 31.9. The smallest absolute Gasteiger partial charge is 0.229 e. The van der Waals surface area contributed by atoms with Crippen LogP contribution in [0.1, 0.15) is 12.0 Å². The number of carbonyl (C=O) groups is 2. The summed E-state index contributed by atoms with van der Waals surface area (Å²) in [5.41, 5.74) is 3.63. The van der Waals surface area contributed by atoms with Crippen molar-refractivity contribution >= 4 is 28.6 Å². The number of carbonyl (C=O) groups excluding carboxylic acids is 2. The van der Waals surface area contributed by atoms with Crippen molar-refractivity contribution in [2.24, 2.45) is 5.92 Å². The number of nitrogens with zero attached hydrogens (tertiary/aromatic N) is 2. The number of hydrogen-bond acceptors (Lipinski definition) is 6. The molecule has 1 aliphatic rings. The number of likely N-dealkylation sites (tertiary alicyclic amines) is 1. The molecule has 8 heteroatoms. The number of fused-ring (bicyclic) bond motifs is 1. The molecule has 2 heterocycles. The Hall–Kier alpha value is -4.33. The van der Waals surface area contributed by atoms with Crippen molar-refractivity contribution in [1.29, 1.82) is 0 Å². The van der Waals surface area contributed by atoms with Gasteiger partial charge in [0.15, 0.2) is 5.58 Å². The average molecular weight is 472 g/mol. The van der Waals surface area contributed by atoms with Crippen LogP contribution in [-0.4, -0.2) is 42.5 Å². The Labute approximate surface area is 202 Å². The van der Waals surface area contributed by atoms with Gasteiger partial charge in [-0.05, 0) is 48.0 Å². The predicted octanol–water partition coefficient (Wildman–Crippen LogP) is 4.50. The van der Waals surface area contributed by atoms with Gasteiger partial charge in [-0.1, -0.05) is 24.3 Å². The number of para-hydroxylation sites is 2. The second-order valence-electron chi connectivity index (χ2n) is 8.41. The summed E-state index contributed by atoms with van der Waals surface area (Å²) in [6.07, 6.45) is 0.162. The zero-order chi connectivity index (χ0) is 24.4. The maximum Gasteiger partial charge on any atom is 0.229 e. The van der Waals surface area contributed by atoms with Gasteiger partial charge in [-0.15, -0.1) is 0 Å². The number of oxazole rings is 1. The molecule has 1 N–H and O–H groups in total. The van der Waals surface area contributed by atoms with E-state index in [0.717, 1.165) is 16.8 Å². The predicted molar refractivity (Wildman–Crippen MR) is 131 cm³/mol. The summed E-state index contributed by atoms with van der Waals surface area (Å²) >= 11 is 0. The van der Waals surface area contributed by atoms with E-state index in [2.05, 4.69) is 10.3 Å². The molecule has 2 amide bonds. The Morgan fingerprint density at radius 2 is 1.89 bits per heavy atom. The summed E-state index contributed by atoms with van der Waals surface area (Å²) in [6, 6.07) is 20.4. The van der Waals surface area contributed by atoms with Crippen LogP contribution in [0, 0.1) is 5.92 Å². The molecule has 1 saturated heterocycles. The van der Waals surface area contributed by atoms with Crippen molar-refractivity contribution in [2.75, 3.05) is 26.1 Å². The number of aromatic nitrogens is 1. The lowest BCUT2D eigenvalue weighted by Gasteiger charge is -2.17. The lowest BCUT2D eigenvalue weighted by Crippen LogP contribution is -2.28. The number of rotatable bonds is 7. The highest BCUT2D eigenvalue weighted by molar-refractivity contribution is 5.98. The number of amides is 2. The molecule has 178 valence electrons. The largest absolute Gasteiger partial charge is 0.497 e. The second-order valence-corrected chi connectivity index (χ2v) is 8.41. The number of ether oxygens (including phenoxy) is 2. The van der Waals surface area contributed by atoms with Gasteiger partial charge in [0.25, 0.3) is 0 Å². The van der Waals surface area contributed by atoms with E-state index in [1.165, 1.54) is 0 Å². The number of methoxy groups -OCH3 is 2. The van der Waals surface area contributed by atoms with Gasteiger partial charge in [0.2, 0.25) is 17.7 Å². The molecule has 8 nitrogen and oxygen atoms in total. The first-order chi connectivity index (χ1) is 17.0. The van der Waals surface area contributed by atoms with E-state index >= 15 is 0 Å². The van der Waals surface area contributed by atoms with E-state index in [1.807, 2.05) is 54.6 Å². The minimum atomic E-state index is -0.460. The fourth-order valence-electron chi connectivity index (χ4n) is 4.22. The summed E-state index contributed by atoms with van der Waals surface area (Å²) in [6.45, 7) is 0.799. The topological polar surface area (TPSA) is 93.9 Å². The van der Waals surface area contributed by atoms with Crippen LogP contribution in [-0.2, 0) is 16.1 Å². The Morgan fingerprint density at radius 1 is 1.09 bits per heavy atom. The first kappa shape index (κ1) is 22.5. The SMILES string of the molecule is COc1ccc(CN2CC(C(=O)Nc3cc(-c4nc5ccccc5o4)ccc3OC)CC2=O)cc1. The van der Waals surface area contributed by atoms with Crippen LogP contribution in [0.2, 0.25) is 0 Å². The quantitative estimate of drug-likeness (QED) is 0.427. The fourth-order valence-corrected chi connectivity index (χ4v) is 4.22. The molecule has 1 atom stereocenters. The normalized spacial score (nSPS) is 15.4. The third kappa shape index (κ3) is 4.68. The van der Waals surface area contributed by atoms with Gasteiger partial charge in [-0.3, -0.25) is 9.59 Å². The number of anilines is 1. The standard InChI is InChI=1S/C27H25N3O5/c1-33-20-10-7-17(8-11-20)15-30-16-19(14-25(30)31)26(32)28-22-13-18(9-12-23(22)34-2)27-29-21-5-3-4-6-24(21)35-27/h3-13,19H,14-16H2,1-2H3,(H,28,32). The molecule has 35 heavy (non-hydrogen) atoms. The van der Waals surface area contributed by atoms with E-state index in [4.69, 9.17) is 13.9 Å². The lowest BCUT2D eigenvalue weighted by molar-refractivity contribution is -0.128. The first-order valence-electron chi connectivity index (χ1n) is 11.3. The Kier molecular flexibility index (Phi) is 6.10. The average Bonchev–Trinajstić information content (AvgIpc) is 3.48. The van der Waals surface area contributed by atoms with E-state index < -0.39 is 5.92 Å². The fraction of sp³-hybridized carbons (Fsp3) is 0.222. The molecule has 1 unspecified atom stereocenters. The molecule has 5 rings (SSSR count). The minimum Gasteiger partial charge on any atom is -0.497 e. The highest BCUT2D eigenvalue weighted by Gasteiger charge is 2.34. The van der Waals surface area contributed by atoms with Crippen LogP contribution in [0.5, 0.6) is 11.5 Å². The van der Waals surface area contributed by atoms with Gasteiger partial charge in [-0.2, -0.15) is 0 Å². The van der Waals surface area contributed by atoms with E-state index in [1.54, 1.807) is 31.3 Å². The molecular formula is C27H25N3O5. The van der Waals surface area contributed by atoms with Gasteiger partial charge in [-0.25, -0.2) is 4.98 Å². The molecule has 3 aromatic carbocycles. The molecular weight excluding hydrogens is 446 g/mol. The van der Waals surface area contributed by atoms with Crippen LogP contribution in [0.4, 0.5) is 5.69 Å². The highest BCUT2D eigenvalue weighted by atomic mass is 16.5. The second kappa shape index (κ2) is 9.50. The maximum atomic E-state index is 13.1. The van der Waals surface area contributed by atoms with Crippen molar-refractivity contribution in [3.63, 3.8) is 0 Å². The van der Waals surface area contributed by atoms with E-state index in [0.29, 0.717) is 41.6 Å². The van der Waals surface area contributed by atoms with Gasteiger partial charge in [0.1, 0.15) is 17.0 Å². The van der Waals surface area contributed by atoms with Crippen LogP contribution in [0.25, 0.3) is 22.6 Å². The lowest BCUT2D eigenvalue weighted by atomic mass is 10.1. The van der Waals surface area contributed by atoms with Crippen LogP contribution < -0.4 is 14.8 Å². The summed E-state index contributed by atoms with van der Waals surface area (Å²) in [5.74, 6) is 0.978. The molecule has 1 aromatic heterocycles. The van der Waals surface area contributed by atoms with Crippen molar-refractivity contribution in [3.05, 3.63) is 72.3 Å². The van der Waals surface area contributed by atoms with Crippen LogP contribution in [0.15, 0.2) is 71.1 Å². The summed E-state index contributed by atoms with van der Waals surface area (Å²) in [7, 11) is 3.15. The third-order valence-corrected chi connectivity index (χ3v) is 6.12. The molecule has 0 saturated carbocycles. The molecule has 0 radical (unpaired) electrons. The number of benzene rings is 3. The van der Waals surface area contributed by atoms with Crippen molar-refractivity contribution in [1.82, 2.24) is 9.88 Å². The highest BCUT2D eigenvalue weighted by Crippen LogP contribution is 2.33. The van der Waals surface area contributed by atoms with Gasteiger partial charge in [0, 0.05) is 25.1 Å². The minimum absolute atomic E-state index is 0.0480. The summed E-state index contributed by atoms with van der Waals surface area (Å²) in [5, 5.41) is 2.94. The van der Waals surface area contributed by atoms with E-state index in [9.17, 15) is 9.59 Å². The van der Waals surface area contributed by atoms with Gasteiger partial charge < -0.3 is 24.1 Å². The zero-order valence-electron chi connectivity index (χ0n) is 19.5. The number of hydrogen-bond donors (Lipinski definition) is 1. The molecule has 0 spiro atoms. The van der Waals surface area contributed by atoms with Crippen molar-refractivity contribution < 1.29 is 23.5 Å². The molecule has 1 aliphatic heterocycles. The van der Waals surface area contributed by atoms with Crippen molar-refractivity contribution in [2.45, 2.75) is 13.0 Å². The first-order valence-corrected chi connectivity index (χ1v) is 11.3. The van der Waals surface area contributed by atoms with Crippen LogP contribution >= 0.6 is 0 Å². The Balaban J connectivity index is 1.30. The van der Waals surface area contributed by atoms with Crippen molar-refractivity contribution in [3.8, 4) is 23.0 Å². The molecule has 1 fully saturated rings. The van der Waals surface area contributed by atoms with Gasteiger partial charge in [0.05, 0.1) is 25.8 Å². The molecule has 0 bridgehead atoms. The Bertz CT molecular complexity index is 1350. The van der Waals surface area contributed by atoms with Gasteiger partial charge >= 0.3 is 0 Å². The molecule has 0 aliphatic carbocycles. The monoisotopic (exact) mass is 471 g/mol.